The van der Waals surface area contributed by atoms with Crippen molar-refractivity contribution in [3.8, 4) is 0 Å². The van der Waals surface area contributed by atoms with Crippen LogP contribution in [-0.4, -0.2) is 35.4 Å². The van der Waals surface area contributed by atoms with E-state index in [4.69, 9.17) is 0 Å². The number of amides is 3. The third kappa shape index (κ3) is 5.31. The van der Waals surface area contributed by atoms with Gasteiger partial charge in [0.05, 0.1) is 6.54 Å². The van der Waals surface area contributed by atoms with Gasteiger partial charge < -0.3 is 16.0 Å². The molecule has 1 unspecified atom stereocenters. The third-order valence-electron chi connectivity index (χ3n) is 4.38. The van der Waals surface area contributed by atoms with Gasteiger partial charge in [0.25, 0.3) is 0 Å². The normalized spacial score (nSPS) is 15.3. The minimum absolute atomic E-state index is 0.166. The van der Waals surface area contributed by atoms with Crippen LogP contribution >= 0.6 is 0 Å². The van der Waals surface area contributed by atoms with E-state index in [0.717, 1.165) is 11.1 Å². The molecule has 0 saturated heterocycles. The van der Waals surface area contributed by atoms with E-state index in [9.17, 15) is 27.6 Å². The van der Waals surface area contributed by atoms with Gasteiger partial charge in [-0.05, 0) is 48.2 Å². The van der Waals surface area contributed by atoms with E-state index < -0.39 is 24.5 Å². The largest absolute Gasteiger partial charge is 0.471 e. The van der Waals surface area contributed by atoms with Crippen molar-refractivity contribution >= 4 is 29.2 Å². The maximum Gasteiger partial charge on any atom is 0.471 e. The summed E-state index contributed by atoms with van der Waals surface area (Å²) in [7, 11) is 0. The van der Waals surface area contributed by atoms with E-state index in [2.05, 4.69) is 15.6 Å². The summed E-state index contributed by atoms with van der Waals surface area (Å²) in [6, 6.07) is 10.2. The van der Waals surface area contributed by atoms with E-state index >= 15 is 0 Å². The van der Waals surface area contributed by atoms with Crippen molar-refractivity contribution in [1.82, 2.24) is 10.3 Å². The number of rotatable bonds is 5. The molecule has 1 aliphatic rings. The highest BCUT2D eigenvalue weighted by Gasteiger charge is 2.38. The second kappa shape index (κ2) is 8.29. The molecular weight excluding hydrogens is 389 g/mol. The second-order valence-electron chi connectivity index (χ2n) is 6.52. The van der Waals surface area contributed by atoms with Crippen LogP contribution in [0, 0.1) is 5.92 Å². The van der Waals surface area contributed by atoms with Gasteiger partial charge in [-0.2, -0.15) is 13.2 Å². The first-order valence-corrected chi connectivity index (χ1v) is 8.71. The van der Waals surface area contributed by atoms with Gasteiger partial charge in [0.15, 0.2) is 0 Å². The number of carbonyl (C=O) groups excluding carboxylic acids is 3. The molecule has 3 rings (SSSR count). The first-order chi connectivity index (χ1) is 13.7. The number of pyridine rings is 1. The molecule has 3 amide bonds. The molecule has 1 aliphatic carbocycles. The number of fused-ring (bicyclic) bond motifs is 1. The third-order valence-corrected chi connectivity index (χ3v) is 4.38. The van der Waals surface area contributed by atoms with Crippen LogP contribution in [0.25, 0.3) is 0 Å². The van der Waals surface area contributed by atoms with Gasteiger partial charge in [-0.3, -0.25) is 14.4 Å². The lowest BCUT2D eigenvalue weighted by molar-refractivity contribution is -0.173. The van der Waals surface area contributed by atoms with Gasteiger partial charge in [-0.25, -0.2) is 4.98 Å². The van der Waals surface area contributed by atoms with Gasteiger partial charge in [0.1, 0.15) is 5.82 Å². The Morgan fingerprint density at radius 3 is 2.48 bits per heavy atom. The molecule has 152 valence electrons. The second-order valence-corrected chi connectivity index (χ2v) is 6.52. The summed E-state index contributed by atoms with van der Waals surface area (Å²) in [5, 5.41) is 6.69. The summed E-state index contributed by atoms with van der Waals surface area (Å²) in [6.07, 6.45) is -2.48. The van der Waals surface area contributed by atoms with E-state index in [-0.39, 0.29) is 11.8 Å². The van der Waals surface area contributed by atoms with Crippen molar-refractivity contribution in [3.05, 3.63) is 53.7 Å². The van der Waals surface area contributed by atoms with Crippen LogP contribution in [0.4, 0.5) is 24.7 Å². The van der Waals surface area contributed by atoms with E-state index in [1.165, 1.54) is 5.32 Å². The molecule has 0 fully saturated rings. The van der Waals surface area contributed by atoms with Gasteiger partial charge in [-0.1, -0.05) is 12.1 Å². The lowest BCUT2D eigenvalue weighted by atomic mass is 10.1. The standard InChI is InChI=1S/C19H17F3N4O3/c20-19(21,22)18(29)24-10-16(27)25-14-5-4-11-7-13(8-12(11)9-14)17(28)26-15-3-1-2-6-23-15/h1-6,9,13H,7-8,10H2,(H,24,29)(H,25,27)(H,23,26,28). The highest BCUT2D eigenvalue weighted by Crippen LogP contribution is 2.30. The van der Waals surface area contributed by atoms with Crippen molar-refractivity contribution in [2.24, 2.45) is 5.92 Å². The number of halogens is 3. The molecule has 7 nitrogen and oxygen atoms in total. The van der Waals surface area contributed by atoms with Crippen molar-refractivity contribution in [2.45, 2.75) is 19.0 Å². The van der Waals surface area contributed by atoms with Gasteiger partial charge >= 0.3 is 12.1 Å². The molecule has 0 saturated carbocycles. The van der Waals surface area contributed by atoms with E-state index in [1.807, 2.05) is 0 Å². The van der Waals surface area contributed by atoms with Crippen molar-refractivity contribution in [2.75, 3.05) is 17.2 Å². The number of nitrogens with zero attached hydrogens (tertiary/aromatic N) is 1. The monoisotopic (exact) mass is 406 g/mol. The zero-order valence-corrected chi connectivity index (χ0v) is 15.0. The summed E-state index contributed by atoms with van der Waals surface area (Å²) >= 11 is 0. The van der Waals surface area contributed by atoms with Gasteiger partial charge in [0.2, 0.25) is 11.8 Å². The summed E-state index contributed by atoms with van der Waals surface area (Å²) in [6.45, 7) is -0.801. The molecule has 29 heavy (non-hydrogen) atoms. The predicted molar refractivity (Wildman–Crippen MR) is 97.9 cm³/mol. The number of alkyl halides is 3. The molecule has 0 spiro atoms. The number of hydrogen-bond donors (Lipinski definition) is 3. The number of aromatic nitrogens is 1. The van der Waals surface area contributed by atoms with Crippen LogP contribution in [0.5, 0.6) is 0 Å². The Bertz CT molecular complexity index is 932. The summed E-state index contributed by atoms with van der Waals surface area (Å²) < 4.78 is 36.4. The first kappa shape index (κ1) is 20.3. The molecule has 2 aromatic rings. The molecular formula is C19H17F3N4O3. The molecule has 0 aliphatic heterocycles. The van der Waals surface area contributed by atoms with Crippen molar-refractivity contribution in [3.63, 3.8) is 0 Å². The zero-order chi connectivity index (χ0) is 21.0. The summed E-state index contributed by atoms with van der Waals surface area (Å²) in [5.74, 6) is -2.96. The summed E-state index contributed by atoms with van der Waals surface area (Å²) in [4.78, 5) is 39.0. The smallest absolute Gasteiger partial charge is 0.339 e. The van der Waals surface area contributed by atoms with Crippen LogP contribution in [-0.2, 0) is 27.2 Å². The lowest BCUT2D eigenvalue weighted by Gasteiger charge is -2.10. The van der Waals surface area contributed by atoms with Crippen molar-refractivity contribution < 1.29 is 27.6 Å². The molecule has 0 bridgehead atoms. The molecule has 3 N–H and O–H groups in total. The predicted octanol–water partition coefficient (Wildman–Crippen LogP) is 2.05. The Morgan fingerprint density at radius 1 is 1.03 bits per heavy atom. The molecule has 1 aromatic carbocycles. The average Bonchev–Trinajstić information content (AvgIpc) is 3.09. The van der Waals surface area contributed by atoms with Crippen LogP contribution in [0.15, 0.2) is 42.6 Å². The Kier molecular flexibility index (Phi) is 5.81. The maximum atomic E-state index is 12.4. The fourth-order valence-corrected chi connectivity index (χ4v) is 3.01. The Labute approximate surface area is 163 Å². The van der Waals surface area contributed by atoms with Crippen LogP contribution < -0.4 is 16.0 Å². The average molecular weight is 406 g/mol. The van der Waals surface area contributed by atoms with Gasteiger partial charge in [0, 0.05) is 17.8 Å². The molecule has 1 atom stereocenters. The highest BCUT2D eigenvalue weighted by atomic mass is 19.4. The molecule has 1 aromatic heterocycles. The minimum Gasteiger partial charge on any atom is -0.339 e. The van der Waals surface area contributed by atoms with Gasteiger partial charge in [-0.15, -0.1) is 0 Å². The number of nitrogens with one attached hydrogen (secondary N) is 3. The number of hydrogen-bond acceptors (Lipinski definition) is 4. The van der Waals surface area contributed by atoms with E-state index in [1.54, 1.807) is 42.6 Å². The van der Waals surface area contributed by atoms with Crippen LogP contribution in [0.1, 0.15) is 11.1 Å². The molecule has 0 radical (unpaired) electrons. The minimum atomic E-state index is -5.04. The van der Waals surface area contributed by atoms with Crippen LogP contribution in [0.3, 0.4) is 0 Å². The Hall–Kier alpha value is -3.43. The fraction of sp³-hybridized carbons (Fsp3) is 0.263. The van der Waals surface area contributed by atoms with E-state index in [0.29, 0.717) is 24.3 Å². The Balaban J connectivity index is 1.55. The molecule has 1 heterocycles. The van der Waals surface area contributed by atoms with Crippen molar-refractivity contribution in [1.29, 1.82) is 0 Å². The fourth-order valence-electron chi connectivity index (χ4n) is 3.01. The van der Waals surface area contributed by atoms with Crippen LogP contribution in [0.2, 0.25) is 0 Å². The lowest BCUT2D eigenvalue weighted by Crippen LogP contribution is -2.41. The SMILES string of the molecule is O=C(CNC(=O)C(F)(F)F)Nc1ccc2c(c1)CC(C(=O)Nc1ccccn1)C2. The number of anilines is 2. The maximum absolute atomic E-state index is 12.4. The first-order valence-electron chi connectivity index (χ1n) is 8.71. The highest BCUT2D eigenvalue weighted by molar-refractivity contribution is 5.95. The zero-order valence-electron chi connectivity index (χ0n) is 15.0. The summed E-state index contributed by atoms with van der Waals surface area (Å²) in [5.41, 5.74) is 2.19. The number of benzene rings is 1. The molecule has 10 heteroatoms. The topological polar surface area (TPSA) is 100 Å². The quantitative estimate of drug-likeness (QED) is 0.708. The Morgan fingerprint density at radius 2 is 1.79 bits per heavy atom. The number of carbonyl (C=O) groups is 3.